The Bertz CT molecular complexity index is 1290. The Balaban J connectivity index is 1.64. The van der Waals surface area contributed by atoms with Gasteiger partial charge in [-0.25, -0.2) is 9.67 Å². The van der Waals surface area contributed by atoms with Crippen LogP contribution in [-0.4, -0.2) is 26.2 Å². The van der Waals surface area contributed by atoms with Gasteiger partial charge in [-0.2, -0.15) is 0 Å². The smallest absolute Gasteiger partial charge is 0.280 e. The molecule has 0 aliphatic carbocycles. The highest BCUT2D eigenvalue weighted by Gasteiger charge is 2.13. The van der Waals surface area contributed by atoms with Gasteiger partial charge in [-0.1, -0.05) is 46.7 Å². The van der Waals surface area contributed by atoms with Gasteiger partial charge in [-0.15, -0.1) is 10.2 Å². The number of H-pyrrole nitrogens is 1. The summed E-state index contributed by atoms with van der Waals surface area (Å²) in [5.41, 5.74) is 3.57. The Kier molecular flexibility index (Phi) is 5.36. The third kappa shape index (κ3) is 4.03. The van der Waals surface area contributed by atoms with Crippen molar-refractivity contribution < 1.29 is 0 Å². The van der Waals surface area contributed by atoms with Crippen LogP contribution in [0, 0.1) is 13.8 Å². The number of nitrogens with zero attached hydrogens (tertiary/aromatic N) is 4. The van der Waals surface area contributed by atoms with E-state index < -0.39 is 0 Å². The summed E-state index contributed by atoms with van der Waals surface area (Å²) in [6.45, 7) is 3.81. The van der Waals surface area contributed by atoms with Crippen LogP contribution in [0.4, 0.5) is 5.13 Å². The molecule has 0 unspecified atom stereocenters. The minimum atomic E-state index is -0.178. The lowest BCUT2D eigenvalue weighted by Crippen LogP contribution is -2.17. The highest BCUT2D eigenvalue weighted by Crippen LogP contribution is 2.34. The number of aryl methyl sites for hydroxylation is 2. The molecule has 4 rings (SSSR count). The first-order chi connectivity index (χ1) is 13.9. The average Bonchev–Trinajstić information content (AvgIpc) is 3.25. The molecule has 0 amide bonds. The van der Waals surface area contributed by atoms with Crippen molar-refractivity contribution in [2.24, 2.45) is 4.99 Å². The molecule has 0 saturated heterocycles. The number of nitrogens with one attached hydrogen (secondary N) is 1. The van der Waals surface area contributed by atoms with Crippen molar-refractivity contribution in [1.29, 1.82) is 0 Å². The Hall–Kier alpha value is -2.74. The van der Waals surface area contributed by atoms with E-state index in [1.807, 2.05) is 38.1 Å². The lowest BCUT2D eigenvalue weighted by molar-refractivity contribution is 0.834. The second-order valence-corrected chi connectivity index (χ2v) is 8.20. The van der Waals surface area contributed by atoms with Crippen LogP contribution in [0.15, 0.2) is 52.3 Å². The number of rotatable bonds is 4. The van der Waals surface area contributed by atoms with Crippen molar-refractivity contribution in [2.45, 2.75) is 13.8 Å². The molecule has 2 aromatic heterocycles. The van der Waals surface area contributed by atoms with Gasteiger partial charge in [0, 0.05) is 22.5 Å². The SMILES string of the molecule is Cc1cccc(-n2[nH]c(C)c(C=Nc3nnc(-c4ccc(Cl)cc4Cl)s3)c2=O)c1. The first-order valence-electron chi connectivity index (χ1n) is 8.64. The Morgan fingerprint density at radius 3 is 2.72 bits per heavy atom. The van der Waals surface area contributed by atoms with Gasteiger partial charge >= 0.3 is 0 Å². The summed E-state index contributed by atoms with van der Waals surface area (Å²) in [6, 6.07) is 12.9. The number of aromatic amines is 1. The van der Waals surface area contributed by atoms with E-state index in [2.05, 4.69) is 20.3 Å². The van der Waals surface area contributed by atoms with E-state index in [4.69, 9.17) is 23.2 Å². The van der Waals surface area contributed by atoms with Gasteiger partial charge in [0.05, 0.1) is 16.3 Å². The maximum absolute atomic E-state index is 12.8. The number of benzene rings is 2. The van der Waals surface area contributed by atoms with Crippen molar-refractivity contribution in [3.63, 3.8) is 0 Å². The fourth-order valence-corrected chi connectivity index (χ4v) is 4.10. The van der Waals surface area contributed by atoms with Gasteiger partial charge in [-0.3, -0.25) is 9.89 Å². The molecule has 146 valence electrons. The molecular weight excluding hydrogens is 429 g/mol. The molecule has 2 aromatic carbocycles. The molecule has 0 atom stereocenters. The molecule has 0 fully saturated rings. The summed E-state index contributed by atoms with van der Waals surface area (Å²) in [5, 5.41) is 13.4. The van der Waals surface area contributed by atoms with Gasteiger partial charge in [0.25, 0.3) is 5.56 Å². The van der Waals surface area contributed by atoms with Crippen LogP contribution in [0.2, 0.25) is 10.0 Å². The molecular formula is C20H15Cl2N5OS. The van der Waals surface area contributed by atoms with E-state index in [1.165, 1.54) is 22.2 Å². The quantitative estimate of drug-likeness (QED) is 0.431. The van der Waals surface area contributed by atoms with Gasteiger partial charge in [0.15, 0.2) is 5.01 Å². The number of aliphatic imine (C=N–C) groups is 1. The minimum absolute atomic E-state index is 0.178. The van der Waals surface area contributed by atoms with Crippen molar-refractivity contribution in [2.75, 3.05) is 0 Å². The topological polar surface area (TPSA) is 75.9 Å². The zero-order valence-corrected chi connectivity index (χ0v) is 17.8. The van der Waals surface area contributed by atoms with Crippen molar-refractivity contribution in [3.05, 3.63) is 79.7 Å². The Morgan fingerprint density at radius 2 is 1.97 bits per heavy atom. The third-order valence-electron chi connectivity index (χ3n) is 4.26. The van der Waals surface area contributed by atoms with Gasteiger partial charge < -0.3 is 0 Å². The molecule has 1 N–H and O–H groups in total. The molecule has 0 aliphatic heterocycles. The van der Waals surface area contributed by atoms with E-state index >= 15 is 0 Å². The van der Waals surface area contributed by atoms with E-state index in [0.29, 0.717) is 31.4 Å². The summed E-state index contributed by atoms with van der Waals surface area (Å²) in [4.78, 5) is 17.1. The number of hydrogen-bond acceptors (Lipinski definition) is 5. The van der Waals surface area contributed by atoms with E-state index in [-0.39, 0.29) is 5.56 Å². The van der Waals surface area contributed by atoms with E-state index in [0.717, 1.165) is 16.8 Å². The molecule has 4 aromatic rings. The zero-order valence-electron chi connectivity index (χ0n) is 15.5. The molecule has 0 saturated carbocycles. The molecule has 6 nitrogen and oxygen atoms in total. The predicted octanol–water partition coefficient (Wildman–Crippen LogP) is 5.36. The van der Waals surface area contributed by atoms with Gasteiger partial charge in [0.2, 0.25) is 5.13 Å². The monoisotopic (exact) mass is 443 g/mol. The van der Waals surface area contributed by atoms with Crippen LogP contribution in [0.25, 0.3) is 16.3 Å². The summed E-state index contributed by atoms with van der Waals surface area (Å²) < 4.78 is 1.50. The summed E-state index contributed by atoms with van der Waals surface area (Å²) >= 11 is 13.4. The van der Waals surface area contributed by atoms with Crippen LogP contribution in [0.3, 0.4) is 0 Å². The van der Waals surface area contributed by atoms with Crippen molar-refractivity contribution in [3.8, 4) is 16.3 Å². The summed E-state index contributed by atoms with van der Waals surface area (Å²) in [7, 11) is 0. The van der Waals surface area contributed by atoms with Crippen molar-refractivity contribution >= 4 is 45.9 Å². The van der Waals surface area contributed by atoms with Crippen molar-refractivity contribution in [1.82, 2.24) is 20.0 Å². The predicted molar refractivity (Wildman–Crippen MR) is 118 cm³/mol. The Labute approximate surface area is 180 Å². The number of halogens is 2. The average molecular weight is 444 g/mol. The van der Waals surface area contributed by atoms with Crippen LogP contribution < -0.4 is 5.56 Å². The fourth-order valence-electron chi connectivity index (χ4n) is 2.82. The minimum Gasteiger partial charge on any atom is -0.295 e. The molecule has 0 spiro atoms. The zero-order chi connectivity index (χ0) is 20.5. The number of aromatic nitrogens is 4. The van der Waals surface area contributed by atoms with Crippen LogP contribution in [-0.2, 0) is 0 Å². The molecule has 29 heavy (non-hydrogen) atoms. The van der Waals surface area contributed by atoms with Crippen LogP contribution in [0.5, 0.6) is 0 Å². The van der Waals surface area contributed by atoms with Gasteiger partial charge in [-0.05, 0) is 49.7 Å². The van der Waals surface area contributed by atoms with E-state index in [9.17, 15) is 4.79 Å². The number of hydrogen-bond donors (Lipinski definition) is 1. The maximum Gasteiger partial charge on any atom is 0.280 e. The lowest BCUT2D eigenvalue weighted by Gasteiger charge is -2.02. The first kappa shape index (κ1) is 19.6. The maximum atomic E-state index is 12.8. The molecule has 0 radical (unpaired) electrons. The second-order valence-electron chi connectivity index (χ2n) is 6.40. The Morgan fingerprint density at radius 1 is 1.14 bits per heavy atom. The second kappa shape index (κ2) is 7.94. The normalized spacial score (nSPS) is 11.4. The standard InChI is InChI=1S/C20H15Cl2N5OS/c1-11-4-3-5-14(8-11)27-19(28)16(12(2)26-27)10-23-20-25-24-18(29-20)15-7-6-13(21)9-17(15)22/h3-10,26H,1-2H3. The highest BCUT2D eigenvalue weighted by atomic mass is 35.5. The van der Waals surface area contributed by atoms with Gasteiger partial charge in [0.1, 0.15) is 0 Å². The fraction of sp³-hybridized carbons (Fsp3) is 0.100. The van der Waals surface area contributed by atoms with Crippen LogP contribution >= 0.6 is 34.5 Å². The lowest BCUT2D eigenvalue weighted by atomic mass is 10.2. The third-order valence-corrected chi connectivity index (χ3v) is 5.67. The van der Waals surface area contributed by atoms with E-state index in [1.54, 1.807) is 18.2 Å². The molecule has 2 heterocycles. The largest absolute Gasteiger partial charge is 0.295 e. The highest BCUT2D eigenvalue weighted by molar-refractivity contribution is 7.18. The molecule has 0 aliphatic rings. The first-order valence-corrected chi connectivity index (χ1v) is 10.2. The van der Waals surface area contributed by atoms with Crippen LogP contribution in [0.1, 0.15) is 16.8 Å². The summed E-state index contributed by atoms with van der Waals surface area (Å²) in [5.74, 6) is 0. The molecule has 0 bridgehead atoms. The summed E-state index contributed by atoms with van der Waals surface area (Å²) in [6.07, 6.45) is 1.51. The molecule has 9 heteroatoms.